The van der Waals surface area contributed by atoms with Crippen LogP contribution in [0.4, 0.5) is 0 Å². The number of phenols is 1. The molecule has 19 heavy (non-hydrogen) atoms. The van der Waals surface area contributed by atoms with E-state index in [4.69, 9.17) is 10.00 Å². The predicted octanol–water partition coefficient (Wildman–Crippen LogP) is 1.45. The van der Waals surface area contributed by atoms with E-state index < -0.39 is 5.91 Å². The van der Waals surface area contributed by atoms with Gasteiger partial charge in [0, 0.05) is 13.2 Å². The Kier molecular flexibility index (Phi) is 6.13. The lowest BCUT2D eigenvalue weighted by Crippen LogP contribution is -2.28. The van der Waals surface area contributed by atoms with Crippen LogP contribution in [-0.4, -0.2) is 30.8 Å². The van der Waals surface area contributed by atoms with Crippen LogP contribution in [0.1, 0.15) is 12.5 Å². The second-order valence-electron chi connectivity index (χ2n) is 3.72. The van der Waals surface area contributed by atoms with E-state index >= 15 is 0 Å². The van der Waals surface area contributed by atoms with Gasteiger partial charge in [-0.1, -0.05) is 12.1 Å². The first-order chi connectivity index (χ1) is 9.17. The summed E-state index contributed by atoms with van der Waals surface area (Å²) < 4.78 is 5.08. The van der Waals surface area contributed by atoms with Crippen LogP contribution < -0.4 is 5.32 Å². The number of amides is 1. The Bertz CT molecular complexity index is 504. The van der Waals surface area contributed by atoms with E-state index in [0.29, 0.717) is 25.3 Å². The SMILES string of the molecule is CCOCCNC(=O)/C(C#N)=C/c1cccc(O)c1. The van der Waals surface area contributed by atoms with Crippen molar-refractivity contribution in [2.24, 2.45) is 0 Å². The summed E-state index contributed by atoms with van der Waals surface area (Å²) in [5, 5.41) is 20.9. The van der Waals surface area contributed by atoms with Gasteiger partial charge in [-0.15, -0.1) is 0 Å². The van der Waals surface area contributed by atoms with Crippen molar-refractivity contribution in [2.75, 3.05) is 19.8 Å². The Morgan fingerprint density at radius 2 is 2.37 bits per heavy atom. The van der Waals surface area contributed by atoms with Gasteiger partial charge in [-0.25, -0.2) is 0 Å². The summed E-state index contributed by atoms with van der Waals surface area (Å²) in [4.78, 5) is 11.7. The molecule has 0 bridgehead atoms. The third-order valence-corrected chi connectivity index (χ3v) is 2.28. The van der Waals surface area contributed by atoms with Crippen LogP contribution in [0.15, 0.2) is 29.8 Å². The Labute approximate surface area is 112 Å². The number of phenolic OH excluding ortho intramolecular Hbond substituents is 1. The minimum absolute atomic E-state index is 0.0119. The standard InChI is InChI=1S/C14H16N2O3/c1-2-19-7-6-16-14(18)12(10-15)8-11-4-3-5-13(17)9-11/h3-5,8-9,17H,2,6-7H2,1H3,(H,16,18)/b12-8+. The maximum atomic E-state index is 11.7. The molecule has 0 aliphatic heterocycles. The minimum Gasteiger partial charge on any atom is -0.508 e. The molecule has 0 spiro atoms. The fourth-order valence-electron chi connectivity index (χ4n) is 1.41. The Balaban J connectivity index is 2.67. The summed E-state index contributed by atoms with van der Waals surface area (Å²) in [6, 6.07) is 8.17. The van der Waals surface area contributed by atoms with Gasteiger partial charge in [0.05, 0.1) is 6.61 Å². The van der Waals surface area contributed by atoms with Crippen LogP contribution in [0, 0.1) is 11.3 Å². The molecule has 1 rings (SSSR count). The second-order valence-corrected chi connectivity index (χ2v) is 3.72. The van der Waals surface area contributed by atoms with E-state index in [9.17, 15) is 9.90 Å². The molecule has 0 aromatic heterocycles. The highest BCUT2D eigenvalue weighted by molar-refractivity contribution is 6.01. The van der Waals surface area contributed by atoms with Crippen molar-refractivity contribution in [3.63, 3.8) is 0 Å². The third kappa shape index (κ3) is 5.23. The number of nitrogens with zero attached hydrogens (tertiary/aromatic N) is 1. The van der Waals surface area contributed by atoms with E-state index in [0.717, 1.165) is 0 Å². The lowest BCUT2D eigenvalue weighted by Gasteiger charge is -2.04. The van der Waals surface area contributed by atoms with Crippen LogP contribution in [0.25, 0.3) is 6.08 Å². The molecule has 1 aromatic rings. The van der Waals surface area contributed by atoms with Crippen LogP contribution in [0.3, 0.4) is 0 Å². The highest BCUT2D eigenvalue weighted by Crippen LogP contribution is 2.13. The number of nitriles is 1. The van der Waals surface area contributed by atoms with Gasteiger partial charge >= 0.3 is 0 Å². The predicted molar refractivity (Wildman–Crippen MR) is 71.2 cm³/mol. The van der Waals surface area contributed by atoms with E-state index in [1.54, 1.807) is 12.1 Å². The Hall–Kier alpha value is -2.32. The zero-order valence-corrected chi connectivity index (χ0v) is 10.7. The lowest BCUT2D eigenvalue weighted by atomic mass is 10.1. The van der Waals surface area contributed by atoms with Gasteiger partial charge in [-0.2, -0.15) is 5.26 Å². The van der Waals surface area contributed by atoms with Crippen molar-refractivity contribution in [1.29, 1.82) is 5.26 Å². The number of rotatable bonds is 6. The Morgan fingerprint density at radius 1 is 1.58 bits per heavy atom. The summed E-state index contributed by atoms with van der Waals surface area (Å²) in [5.74, 6) is -0.367. The molecular weight excluding hydrogens is 244 g/mol. The second kappa shape index (κ2) is 7.90. The van der Waals surface area contributed by atoms with E-state index in [1.807, 2.05) is 13.0 Å². The topological polar surface area (TPSA) is 82.3 Å². The first kappa shape index (κ1) is 14.7. The van der Waals surface area contributed by atoms with Gasteiger partial charge in [0.1, 0.15) is 17.4 Å². The molecule has 0 saturated carbocycles. The number of nitrogens with one attached hydrogen (secondary N) is 1. The highest BCUT2D eigenvalue weighted by atomic mass is 16.5. The number of ether oxygens (including phenoxy) is 1. The first-order valence-corrected chi connectivity index (χ1v) is 5.94. The van der Waals surface area contributed by atoms with Crippen molar-refractivity contribution >= 4 is 12.0 Å². The molecule has 0 atom stereocenters. The maximum Gasteiger partial charge on any atom is 0.262 e. The number of aromatic hydroxyl groups is 1. The molecule has 0 saturated heterocycles. The van der Waals surface area contributed by atoms with Crippen molar-refractivity contribution in [1.82, 2.24) is 5.32 Å². The average Bonchev–Trinajstić information content (AvgIpc) is 2.41. The van der Waals surface area contributed by atoms with Crippen LogP contribution in [0.5, 0.6) is 5.75 Å². The first-order valence-electron chi connectivity index (χ1n) is 5.94. The summed E-state index contributed by atoms with van der Waals surface area (Å²) in [5.41, 5.74) is 0.582. The Morgan fingerprint density at radius 3 is 3.00 bits per heavy atom. The average molecular weight is 260 g/mol. The minimum atomic E-state index is -0.453. The molecule has 100 valence electrons. The third-order valence-electron chi connectivity index (χ3n) is 2.28. The molecule has 5 heteroatoms. The number of carbonyl (C=O) groups is 1. The van der Waals surface area contributed by atoms with Gasteiger partial charge in [0.15, 0.2) is 0 Å². The molecule has 1 aromatic carbocycles. The van der Waals surface area contributed by atoms with Gasteiger partial charge < -0.3 is 15.2 Å². The van der Waals surface area contributed by atoms with Crippen LogP contribution in [-0.2, 0) is 9.53 Å². The van der Waals surface area contributed by atoms with Crippen molar-refractivity contribution in [3.8, 4) is 11.8 Å². The maximum absolute atomic E-state index is 11.7. The molecule has 0 aliphatic rings. The molecule has 0 radical (unpaired) electrons. The lowest BCUT2D eigenvalue weighted by molar-refractivity contribution is -0.117. The summed E-state index contributed by atoms with van der Waals surface area (Å²) in [6.07, 6.45) is 1.43. The number of hydrogen-bond acceptors (Lipinski definition) is 4. The fraction of sp³-hybridized carbons (Fsp3) is 0.286. The van der Waals surface area contributed by atoms with Crippen molar-refractivity contribution in [2.45, 2.75) is 6.92 Å². The largest absolute Gasteiger partial charge is 0.508 e. The molecule has 0 heterocycles. The number of benzene rings is 1. The highest BCUT2D eigenvalue weighted by Gasteiger charge is 2.08. The van der Waals surface area contributed by atoms with E-state index in [-0.39, 0.29) is 11.3 Å². The molecule has 2 N–H and O–H groups in total. The van der Waals surface area contributed by atoms with Crippen LogP contribution >= 0.6 is 0 Å². The summed E-state index contributed by atoms with van der Waals surface area (Å²) >= 11 is 0. The van der Waals surface area contributed by atoms with E-state index in [2.05, 4.69) is 5.32 Å². The van der Waals surface area contributed by atoms with Gasteiger partial charge in [0.2, 0.25) is 0 Å². The van der Waals surface area contributed by atoms with Crippen LogP contribution in [0.2, 0.25) is 0 Å². The quantitative estimate of drug-likeness (QED) is 0.461. The fourth-order valence-corrected chi connectivity index (χ4v) is 1.41. The van der Waals surface area contributed by atoms with Crippen molar-refractivity contribution < 1.29 is 14.6 Å². The molecule has 5 nitrogen and oxygen atoms in total. The smallest absolute Gasteiger partial charge is 0.262 e. The normalized spacial score (nSPS) is 10.8. The molecule has 1 amide bonds. The zero-order chi connectivity index (χ0) is 14.1. The molecule has 0 unspecified atom stereocenters. The molecule has 0 fully saturated rings. The van der Waals surface area contributed by atoms with Gasteiger partial charge in [0.25, 0.3) is 5.91 Å². The molecule has 0 aliphatic carbocycles. The van der Waals surface area contributed by atoms with Gasteiger partial charge in [-0.3, -0.25) is 4.79 Å². The summed E-state index contributed by atoms with van der Waals surface area (Å²) in [6.45, 7) is 3.21. The molecular formula is C14H16N2O3. The van der Waals surface area contributed by atoms with Gasteiger partial charge in [-0.05, 0) is 30.7 Å². The monoisotopic (exact) mass is 260 g/mol. The van der Waals surface area contributed by atoms with Crippen molar-refractivity contribution in [3.05, 3.63) is 35.4 Å². The van der Waals surface area contributed by atoms with E-state index in [1.165, 1.54) is 18.2 Å². The summed E-state index contributed by atoms with van der Waals surface area (Å²) in [7, 11) is 0. The number of hydrogen-bond donors (Lipinski definition) is 2. The number of carbonyl (C=O) groups excluding carboxylic acids is 1. The zero-order valence-electron chi connectivity index (χ0n) is 10.7.